The number of carbonyl (C=O) groups is 2. The first kappa shape index (κ1) is 12.8. The van der Waals surface area contributed by atoms with Gasteiger partial charge in [-0.2, -0.15) is 0 Å². The Labute approximate surface area is 95.5 Å². The molecule has 6 nitrogen and oxygen atoms in total. The highest BCUT2D eigenvalue weighted by molar-refractivity contribution is 5.84. The van der Waals surface area contributed by atoms with Crippen LogP contribution in [0.2, 0.25) is 0 Å². The number of rotatable bonds is 4. The fourth-order valence-corrected chi connectivity index (χ4v) is 1.48. The predicted molar refractivity (Wildman–Crippen MR) is 59.1 cm³/mol. The van der Waals surface area contributed by atoms with Crippen molar-refractivity contribution < 1.29 is 14.3 Å². The number of urea groups is 1. The van der Waals surface area contributed by atoms with Crippen LogP contribution < -0.4 is 5.32 Å². The Kier molecular flexibility index (Phi) is 4.54. The van der Waals surface area contributed by atoms with Crippen molar-refractivity contribution in [2.75, 3.05) is 40.9 Å². The number of amides is 3. The molecular formula is C10H19N3O3. The van der Waals surface area contributed by atoms with E-state index in [1.165, 1.54) is 4.90 Å². The number of nitrogens with zero attached hydrogens (tertiary/aromatic N) is 2. The summed E-state index contributed by atoms with van der Waals surface area (Å²) in [6, 6.07) is -0.0389. The highest BCUT2D eigenvalue weighted by Gasteiger charge is 2.31. The Morgan fingerprint density at radius 2 is 2.19 bits per heavy atom. The van der Waals surface area contributed by atoms with Gasteiger partial charge in [-0.15, -0.1) is 0 Å². The van der Waals surface area contributed by atoms with Gasteiger partial charge in [0.2, 0.25) is 5.91 Å². The van der Waals surface area contributed by atoms with Crippen LogP contribution >= 0.6 is 0 Å². The topological polar surface area (TPSA) is 61.9 Å². The molecule has 16 heavy (non-hydrogen) atoms. The molecule has 6 heteroatoms. The van der Waals surface area contributed by atoms with Gasteiger partial charge in [0.15, 0.2) is 0 Å². The van der Waals surface area contributed by atoms with E-state index in [0.29, 0.717) is 6.61 Å². The number of ether oxygens (including phenoxy) is 1. The van der Waals surface area contributed by atoms with Crippen molar-refractivity contribution in [3.05, 3.63) is 0 Å². The van der Waals surface area contributed by atoms with Crippen molar-refractivity contribution in [1.29, 1.82) is 0 Å². The maximum Gasteiger partial charge on any atom is 0.318 e. The van der Waals surface area contributed by atoms with Crippen LogP contribution in [0.15, 0.2) is 0 Å². The highest BCUT2D eigenvalue weighted by atomic mass is 16.5. The van der Waals surface area contributed by atoms with E-state index < -0.39 is 0 Å². The molecule has 0 bridgehead atoms. The minimum absolute atomic E-state index is 0.0437. The van der Waals surface area contributed by atoms with Gasteiger partial charge in [0.1, 0.15) is 0 Å². The number of hydrogen-bond acceptors (Lipinski definition) is 3. The molecule has 0 aromatic rings. The van der Waals surface area contributed by atoms with Crippen LogP contribution in [0.1, 0.15) is 6.42 Å². The Bertz CT molecular complexity index is 268. The lowest BCUT2D eigenvalue weighted by Crippen LogP contribution is -2.57. The molecule has 1 N–H and O–H groups in total. The van der Waals surface area contributed by atoms with Crippen LogP contribution in [-0.2, 0) is 9.53 Å². The van der Waals surface area contributed by atoms with Crippen LogP contribution in [0.5, 0.6) is 0 Å². The van der Waals surface area contributed by atoms with Gasteiger partial charge in [0.05, 0.1) is 19.2 Å². The molecule has 1 fully saturated rings. The average molecular weight is 229 g/mol. The van der Waals surface area contributed by atoms with Crippen molar-refractivity contribution in [2.45, 2.75) is 12.5 Å². The van der Waals surface area contributed by atoms with Gasteiger partial charge in [-0.3, -0.25) is 4.79 Å². The molecule has 0 aromatic heterocycles. The van der Waals surface area contributed by atoms with E-state index in [1.54, 1.807) is 26.1 Å². The van der Waals surface area contributed by atoms with Crippen molar-refractivity contribution in [3.63, 3.8) is 0 Å². The van der Waals surface area contributed by atoms with E-state index >= 15 is 0 Å². The van der Waals surface area contributed by atoms with Crippen LogP contribution in [0, 0.1) is 0 Å². The van der Waals surface area contributed by atoms with Crippen molar-refractivity contribution in [1.82, 2.24) is 15.1 Å². The maximum absolute atomic E-state index is 11.6. The molecule has 1 heterocycles. The predicted octanol–water partition coefficient (Wildman–Crippen LogP) is -0.495. The fourth-order valence-electron chi connectivity index (χ4n) is 1.48. The van der Waals surface area contributed by atoms with E-state index in [4.69, 9.17) is 4.74 Å². The van der Waals surface area contributed by atoms with Gasteiger partial charge >= 0.3 is 6.03 Å². The van der Waals surface area contributed by atoms with Gasteiger partial charge in [-0.25, -0.2) is 4.79 Å². The lowest BCUT2D eigenvalue weighted by molar-refractivity contribution is -0.127. The number of methoxy groups -OCH3 is 1. The minimum Gasteiger partial charge on any atom is -0.383 e. The highest BCUT2D eigenvalue weighted by Crippen LogP contribution is 2.16. The third kappa shape index (κ3) is 3.10. The fraction of sp³-hybridized carbons (Fsp3) is 0.800. The van der Waals surface area contributed by atoms with Gasteiger partial charge < -0.3 is 19.9 Å². The summed E-state index contributed by atoms with van der Waals surface area (Å²) >= 11 is 0. The molecule has 1 rings (SSSR count). The van der Waals surface area contributed by atoms with Crippen LogP contribution in [0.4, 0.5) is 4.79 Å². The second-order valence-electron chi connectivity index (χ2n) is 4.04. The van der Waals surface area contributed by atoms with Gasteiger partial charge in [-0.05, 0) is 6.42 Å². The lowest BCUT2D eigenvalue weighted by Gasteiger charge is -2.40. The first-order valence-corrected chi connectivity index (χ1v) is 5.29. The molecule has 0 aliphatic carbocycles. The van der Waals surface area contributed by atoms with Crippen LogP contribution in [0.25, 0.3) is 0 Å². The monoisotopic (exact) mass is 229 g/mol. The number of likely N-dealkylation sites (N-methyl/N-ethyl adjacent to an activating group) is 1. The smallest absolute Gasteiger partial charge is 0.318 e. The molecule has 0 saturated carbocycles. The Hall–Kier alpha value is -1.30. The minimum atomic E-state index is -0.191. The molecule has 1 aliphatic rings. The molecule has 0 aromatic carbocycles. The zero-order valence-electron chi connectivity index (χ0n) is 10.0. The molecule has 1 saturated heterocycles. The molecule has 0 spiro atoms. The van der Waals surface area contributed by atoms with E-state index in [1.807, 2.05) is 0 Å². The van der Waals surface area contributed by atoms with E-state index in [-0.39, 0.29) is 24.5 Å². The van der Waals surface area contributed by atoms with Crippen LogP contribution in [0.3, 0.4) is 0 Å². The van der Waals surface area contributed by atoms with Crippen molar-refractivity contribution in [2.24, 2.45) is 0 Å². The SMILES string of the molecule is COCC1CCN1C(=O)NCC(=O)N(C)C. The average Bonchev–Trinajstić information content (AvgIpc) is 2.20. The Balaban J connectivity index is 2.28. The number of hydrogen-bond donors (Lipinski definition) is 1. The van der Waals surface area contributed by atoms with Gasteiger partial charge in [-0.1, -0.05) is 0 Å². The van der Waals surface area contributed by atoms with E-state index in [2.05, 4.69) is 5.32 Å². The van der Waals surface area contributed by atoms with Crippen molar-refractivity contribution in [3.8, 4) is 0 Å². The normalized spacial score (nSPS) is 18.9. The second-order valence-corrected chi connectivity index (χ2v) is 4.04. The first-order chi connectivity index (χ1) is 7.56. The lowest BCUT2D eigenvalue weighted by atomic mass is 10.1. The summed E-state index contributed by atoms with van der Waals surface area (Å²) in [5.74, 6) is -0.114. The largest absolute Gasteiger partial charge is 0.383 e. The zero-order valence-corrected chi connectivity index (χ0v) is 10.0. The van der Waals surface area contributed by atoms with Gasteiger partial charge in [0.25, 0.3) is 0 Å². The second kappa shape index (κ2) is 5.69. The maximum atomic E-state index is 11.6. The molecule has 0 radical (unpaired) electrons. The summed E-state index contributed by atoms with van der Waals surface area (Å²) < 4.78 is 4.99. The number of carbonyl (C=O) groups excluding carboxylic acids is 2. The third-order valence-electron chi connectivity index (χ3n) is 2.65. The Morgan fingerprint density at radius 3 is 2.62 bits per heavy atom. The summed E-state index contributed by atoms with van der Waals surface area (Å²) in [7, 11) is 4.93. The molecule has 1 atom stereocenters. The first-order valence-electron chi connectivity index (χ1n) is 5.29. The summed E-state index contributed by atoms with van der Waals surface area (Å²) in [4.78, 5) is 26.0. The number of nitrogens with one attached hydrogen (secondary N) is 1. The summed E-state index contributed by atoms with van der Waals surface area (Å²) in [5.41, 5.74) is 0. The number of likely N-dealkylation sites (tertiary alicyclic amines) is 1. The molecule has 1 aliphatic heterocycles. The Morgan fingerprint density at radius 1 is 1.50 bits per heavy atom. The standard InChI is InChI=1S/C10H19N3O3/c1-12(2)9(14)6-11-10(15)13-5-4-8(13)7-16-3/h8H,4-7H2,1-3H3,(H,11,15). The molecule has 1 unspecified atom stereocenters. The van der Waals surface area contributed by atoms with E-state index in [9.17, 15) is 9.59 Å². The van der Waals surface area contributed by atoms with Crippen molar-refractivity contribution >= 4 is 11.9 Å². The summed E-state index contributed by atoms with van der Waals surface area (Å²) in [5, 5.41) is 2.59. The summed E-state index contributed by atoms with van der Waals surface area (Å²) in [6.45, 7) is 1.33. The summed E-state index contributed by atoms with van der Waals surface area (Å²) in [6.07, 6.45) is 0.961. The third-order valence-corrected chi connectivity index (χ3v) is 2.65. The van der Waals surface area contributed by atoms with E-state index in [0.717, 1.165) is 13.0 Å². The molecular weight excluding hydrogens is 210 g/mol. The van der Waals surface area contributed by atoms with Crippen LogP contribution in [-0.4, -0.2) is 68.7 Å². The molecule has 92 valence electrons. The zero-order chi connectivity index (χ0) is 12.1. The van der Waals surface area contributed by atoms with Gasteiger partial charge in [0, 0.05) is 27.7 Å². The molecule has 3 amide bonds. The quantitative estimate of drug-likeness (QED) is 0.707.